The van der Waals surface area contributed by atoms with E-state index >= 15 is 0 Å². The van der Waals surface area contributed by atoms with E-state index in [4.69, 9.17) is 14.2 Å². The second-order valence-corrected chi connectivity index (χ2v) is 11.3. The SMILES string of the molecule is CCN1CC2C(OC)C3C(C(O)CC[C@@]3(COC)C1)[C@@H]1C[C@H]3C(O)C1[C@]2(O)C(O)[C@@H]3OC. The van der Waals surface area contributed by atoms with Crippen molar-refractivity contribution in [3.05, 3.63) is 0 Å². The van der Waals surface area contributed by atoms with Crippen molar-refractivity contribution in [3.8, 4) is 0 Å². The molecular weight excluding hydrogens is 414 g/mol. The number of aliphatic hydroxyl groups excluding tert-OH is 3. The zero-order chi connectivity index (χ0) is 23.0. The van der Waals surface area contributed by atoms with Gasteiger partial charge in [-0.25, -0.2) is 0 Å². The summed E-state index contributed by atoms with van der Waals surface area (Å²) < 4.78 is 17.7. The Bertz CT molecular complexity index is 710. The Morgan fingerprint density at radius 3 is 2.34 bits per heavy atom. The number of fused-ring (bicyclic) bond motifs is 4. The lowest BCUT2D eigenvalue weighted by Crippen LogP contribution is -2.69. The predicted octanol–water partition coefficient (Wildman–Crippen LogP) is -0.280. The number of ether oxygens (including phenoxy) is 3. The van der Waals surface area contributed by atoms with Crippen LogP contribution in [0.1, 0.15) is 26.2 Å². The van der Waals surface area contributed by atoms with Gasteiger partial charge < -0.3 is 39.5 Å². The number of hydrogen-bond acceptors (Lipinski definition) is 8. The summed E-state index contributed by atoms with van der Waals surface area (Å²) in [5, 5.41) is 46.9. The maximum atomic E-state index is 12.5. The van der Waals surface area contributed by atoms with Crippen LogP contribution in [0.5, 0.6) is 0 Å². The summed E-state index contributed by atoms with van der Waals surface area (Å²) in [6.07, 6.45) is -1.32. The van der Waals surface area contributed by atoms with Crippen LogP contribution in [0.2, 0.25) is 0 Å². The monoisotopic (exact) mass is 455 g/mol. The first-order valence-electron chi connectivity index (χ1n) is 12.3. The molecule has 4 saturated carbocycles. The molecule has 5 fully saturated rings. The number of likely N-dealkylation sites (tertiary alicyclic amines) is 1. The summed E-state index contributed by atoms with van der Waals surface area (Å²) >= 11 is 0. The zero-order valence-electron chi connectivity index (χ0n) is 19.8. The molecule has 0 aromatic rings. The summed E-state index contributed by atoms with van der Waals surface area (Å²) in [7, 11) is 4.96. The van der Waals surface area contributed by atoms with Crippen molar-refractivity contribution in [3.63, 3.8) is 0 Å². The number of aliphatic hydroxyl groups is 4. The van der Waals surface area contributed by atoms with Gasteiger partial charge in [0.2, 0.25) is 0 Å². The van der Waals surface area contributed by atoms with Gasteiger partial charge in [-0.15, -0.1) is 0 Å². The average Bonchev–Trinajstić information content (AvgIpc) is 2.92. The van der Waals surface area contributed by atoms with Gasteiger partial charge in [0, 0.05) is 63.5 Å². The van der Waals surface area contributed by atoms with E-state index in [9.17, 15) is 20.4 Å². The van der Waals surface area contributed by atoms with Gasteiger partial charge in [-0.2, -0.15) is 0 Å². The minimum atomic E-state index is -1.56. The van der Waals surface area contributed by atoms with Gasteiger partial charge in [0.05, 0.1) is 31.0 Å². The van der Waals surface area contributed by atoms with Crippen molar-refractivity contribution in [2.24, 2.45) is 40.9 Å². The normalized spacial score (nSPS) is 57.2. The molecule has 4 N–H and O–H groups in total. The van der Waals surface area contributed by atoms with Crippen molar-refractivity contribution in [1.29, 1.82) is 0 Å². The molecule has 5 rings (SSSR count). The van der Waals surface area contributed by atoms with E-state index < -0.39 is 41.9 Å². The molecule has 0 aromatic heterocycles. The molecule has 4 bridgehead atoms. The molecule has 5 aliphatic rings. The Morgan fingerprint density at radius 2 is 1.72 bits per heavy atom. The van der Waals surface area contributed by atoms with Crippen LogP contribution in [0.25, 0.3) is 0 Å². The van der Waals surface area contributed by atoms with E-state index in [0.717, 1.165) is 19.5 Å². The van der Waals surface area contributed by atoms with Crippen LogP contribution in [-0.2, 0) is 14.2 Å². The van der Waals surface area contributed by atoms with Crippen LogP contribution in [0.15, 0.2) is 0 Å². The van der Waals surface area contributed by atoms with Gasteiger partial charge >= 0.3 is 0 Å². The summed E-state index contributed by atoms with van der Waals surface area (Å²) in [4.78, 5) is 2.34. The Morgan fingerprint density at radius 1 is 1.00 bits per heavy atom. The first-order chi connectivity index (χ1) is 15.3. The van der Waals surface area contributed by atoms with Crippen molar-refractivity contribution >= 4 is 0 Å². The van der Waals surface area contributed by atoms with E-state index in [1.54, 1.807) is 21.3 Å². The molecule has 0 spiro atoms. The number of hydrogen-bond donors (Lipinski definition) is 4. The summed E-state index contributed by atoms with van der Waals surface area (Å²) in [6, 6.07) is 0. The lowest BCUT2D eigenvalue weighted by molar-refractivity contribution is -0.255. The Kier molecular flexibility index (Phi) is 5.95. The highest BCUT2D eigenvalue weighted by Crippen LogP contribution is 2.66. The van der Waals surface area contributed by atoms with Gasteiger partial charge in [0.1, 0.15) is 11.7 Å². The van der Waals surface area contributed by atoms with Crippen LogP contribution in [0, 0.1) is 40.9 Å². The van der Waals surface area contributed by atoms with Crippen LogP contribution in [0.4, 0.5) is 0 Å². The second-order valence-electron chi connectivity index (χ2n) is 11.3. The highest BCUT2D eigenvalue weighted by atomic mass is 16.5. The molecule has 1 aliphatic heterocycles. The van der Waals surface area contributed by atoms with Gasteiger partial charge in [0.15, 0.2) is 0 Å². The molecule has 0 aromatic carbocycles. The van der Waals surface area contributed by atoms with Gasteiger partial charge in [-0.3, -0.25) is 0 Å². The molecular formula is C24H41NO7. The third-order valence-corrected chi connectivity index (χ3v) is 10.3. The fourth-order valence-corrected chi connectivity index (χ4v) is 9.28. The molecule has 8 nitrogen and oxygen atoms in total. The van der Waals surface area contributed by atoms with Crippen molar-refractivity contribution in [1.82, 2.24) is 4.90 Å². The number of rotatable bonds is 5. The number of nitrogens with zero attached hydrogens (tertiary/aromatic N) is 1. The van der Waals surface area contributed by atoms with E-state index in [1.165, 1.54) is 0 Å². The molecule has 8 unspecified atom stereocenters. The van der Waals surface area contributed by atoms with Crippen LogP contribution in [0.3, 0.4) is 0 Å². The standard InChI is InChI=1S/C24H41NO7/c1-5-25-9-14-21(32-4)18-16(15(26)6-7-23(18,10-25)11-30-2)12-8-13-19(27)17(12)24(14,29)22(28)20(13)31-3/h12-22,26-29H,5-11H2,1-4H3/t12-,13-,14?,15?,16?,17?,18?,19?,20+,21?,22?,23-,24-/m0/s1. The third kappa shape index (κ3) is 2.84. The maximum Gasteiger partial charge on any atom is 0.110 e. The van der Waals surface area contributed by atoms with Crippen LogP contribution in [-0.4, -0.2) is 109 Å². The fraction of sp³-hybridized carbons (Fsp3) is 1.00. The molecule has 0 radical (unpaired) electrons. The molecule has 1 heterocycles. The van der Waals surface area contributed by atoms with Crippen molar-refractivity contribution < 1.29 is 34.6 Å². The van der Waals surface area contributed by atoms with Gasteiger partial charge in [-0.05, 0) is 37.6 Å². The number of methoxy groups -OCH3 is 3. The van der Waals surface area contributed by atoms with E-state index in [2.05, 4.69) is 11.8 Å². The van der Waals surface area contributed by atoms with Gasteiger partial charge in [0.25, 0.3) is 0 Å². The topological polar surface area (TPSA) is 112 Å². The summed E-state index contributed by atoms with van der Waals surface area (Å²) in [5.74, 6) is -1.46. The van der Waals surface area contributed by atoms with E-state index in [-0.39, 0.29) is 35.2 Å². The quantitative estimate of drug-likeness (QED) is 0.448. The van der Waals surface area contributed by atoms with Crippen molar-refractivity contribution in [2.75, 3.05) is 47.6 Å². The fourth-order valence-electron chi connectivity index (χ4n) is 9.28. The molecule has 8 heteroatoms. The Balaban J connectivity index is 1.75. The lowest BCUT2D eigenvalue weighted by atomic mass is 9.55. The lowest BCUT2D eigenvalue weighted by Gasteiger charge is -2.53. The molecule has 1 saturated heterocycles. The van der Waals surface area contributed by atoms with Crippen molar-refractivity contribution in [2.45, 2.75) is 62.3 Å². The maximum absolute atomic E-state index is 12.5. The Hall–Kier alpha value is -0.320. The Labute approximate surface area is 190 Å². The first-order valence-corrected chi connectivity index (χ1v) is 12.3. The summed E-state index contributed by atoms with van der Waals surface area (Å²) in [5.41, 5.74) is -1.78. The smallest absolute Gasteiger partial charge is 0.110 e. The molecule has 184 valence electrons. The highest BCUT2D eigenvalue weighted by molar-refractivity contribution is 5.24. The minimum Gasteiger partial charge on any atom is -0.393 e. The summed E-state index contributed by atoms with van der Waals surface area (Å²) in [6.45, 7) is 4.85. The zero-order valence-corrected chi connectivity index (χ0v) is 19.8. The minimum absolute atomic E-state index is 0.0310. The van der Waals surface area contributed by atoms with Gasteiger partial charge in [-0.1, -0.05) is 6.92 Å². The first kappa shape index (κ1) is 23.4. The van der Waals surface area contributed by atoms with Crippen LogP contribution < -0.4 is 0 Å². The third-order valence-electron chi connectivity index (χ3n) is 10.3. The molecule has 0 amide bonds. The second kappa shape index (κ2) is 8.12. The van der Waals surface area contributed by atoms with E-state index in [0.29, 0.717) is 26.0 Å². The largest absolute Gasteiger partial charge is 0.393 e. The molecule has 13 atom stereocenters. The highest BCUT2D eigenvalue weighted by Gasteiger charge is 2.74. The molecule has 4 aliphatic carbocycles. The van der Waals surface area contributed by atoms with E-state index in [1.807, 2.05) is 0 Å². The predicted molar refractivity (Wildman–Crippen MR) is 116 cm³/mol. The van der Waals surface area contributed by atoms with Crippen LogP contribution >= 0.6 is 0 Å². The average molecular weight is 456 g/mol. The molecule has 32 heavy (non-hydrogen) atoms.